The minimum atomic E-state index is 0.667. The zero-order chi connectivity index (χ0) is 14.5. The molecular weight excluding hydrogens is 280 g/mol. The number of benzene rings is 2. The van der Waals surface area contributed by atoms with Crippen molar-refractivity contribution in [2.75, 3.05) is 11.9 Å². The predicted molar refractivity (Wildman–Crippen MR) is 87.2 cm³/mol. The largest absolute Gasteiger partial charge is 0.345 e. The molecule has 21 heavy (non-hydrogen) atoms. The quantitative estimate of drug-likeness (QED) is 0.610. The van der Waals surface area contributed by atoms with E-state index in [1.165, 1.54) is 11.3 Å². The van der Waals surface area contributed by atoms with Gasteiger partial charge in [0.25, 0.3) is 0 Å². The Morgan fingerprint density at radius 2 is 1.62 bits per heavy atom. The van der Waals surface area contributed by atoms with Gasteiger partial charge >= 0.3 is 0 Å². The maximum Gasteiger partial charge on any atom is 0.229 e. The van der Waals surface area contributed by atoms with Crippen LogP contribution in [0.4, 0.5) is 22.2 Å². The number of rotatable bonds is 4. The van der Waals surface area contributed by atoms with Crippen LogP contribution in [0.25, 0.3) is 0 Å². The lowest BCUT2D eigenvalue weighted by Gasteiger charge is -2.19. The molecule has 5 heteroatoms. The van der Waals surface area contributed by atoms with E-state index < -0.39 is 0 Å². The third-order valence-corrected chi connectivity index (χ3v) is 3.71. The molecule has 1 heterocycles. The Kier molecular flexibility index (Phi) is 4.02. The summed E-state index contributed by atoms with van der Waals surface area (Å²) >= 11 is 1.47. The minimum Gasteiger partial charge on any atom is -0.345 e. The first-order valence-electron chi connectivity index (χ1n) is 6.53. The standard InChI is InChI=1S/C16H14N4S/c1-20(14-5-3-2-4-6-14)15-9-7-13(8-10-15)18-19-16-17-11-12-21-16/h2-12H,1H3. The van der Waals surface area contributed by atoms with Gasteiger partial charge in [-0.3, -0.25) is 0 Å². The first kappa shape index (κ1) is 13.5. The van der Waals surface area contributed by atoms with Gasteiger partial charge in [0.15, 0.2) is 0 Å². The van der Waals surface area contributed by atoms with Gasteiger partial charge in [-0.25, -0.2) is 4.98 Å². The second kappa shape index (κ2) is 6.28. The van der Waals surface area contributed by atoms with E-state index in [0.29, 0.717) is 5.13 Å². The number of hydrogen-bond donors (Lipinski definition) is 0. The van der Waals surface area contributed by atoms with Crippen molar-refractivity contribution < 1.29 is 0 Å². The molecule has 3 aromatic rings. The molecule has 2 aromatic carbocycles. The zero-order valence-corrected chi connectivity index (χ0v) is 12.4. The van der Waals surface area contributed by atoms with Gasteiger partial charge in [0.1, 0.15) is 0 Å². The highest BCUT2D eigenvalue weighted by Gasteiger charge is 2.02. The Labute approximate surface area is 127 Å². The molecule has 104 valence electrons. The van der Waals surface area contributed by atoms with Gasteiger partial charge in [-0.1, -0.05) is 18.2 Å². The van der Waals surface area contributed by atoms with Crippen molar-refractivity contribution in [1.82, 2.24) is 4.98 Å². The fraction of sp³-hybridized carbons (Fsp3) is 0.0625. The van der Waals surface area contributed by atoms with Gasteiger partial charge < -0.3 is 4.90 Å². The number of azo groups is 1. The van der Waals surface area contributed by atoms with E-state index in [-0.39, 0.29) is 0 Å². The molecule has 4 nitrogen and oxygen atoms in total. The van der Waals surface area contributed by atoms with Crippen molar-refractivity contribution in [3.8, 4) is 0 Å². The molecule has 0 unspecified atom stereocenters. The Morgan fingerprint density at radius 1 is 0.905 bits per heavy atom. The molecule has 0 bridgehead atoms. The number of para-hydroxylation sites is 1. The molecule has 0 N–H and O–H groups in total. The van der Waals surface area contributed by atoms with Crippen molar-refractivity contribution in [3.05, 3.63) is 66.2 Å². The molecule has 0 amide bonds. The normalized spacial score (nSPS) is 10.9. The molecule has 0 saturated heterocycles. The third-order valence-electron chi connectivity index (χ3n) is 3.05. The second-order valence-corrected chi connectivity index (χ2v) is 5.30. The van der Waals surface area contributed by atoms with Crippen LogP contribution in [0.15, 0.2) is 76.4 Å². The monoisotopic (exact) mass is 294 g/mol. The van der Waals surface area contributed by atoms with Crippen LogP contribution < -0.4 is 4.90 Å². The van der Waals surface area contributed by atoms with E-state index in [1.807, 2.05) is 54.9 Å². The van der Waals surface area contributed by atoms with Crippen LogP contribution in [0.5, 0.6) is 0 Å². The second-order valence-electron chi connectivity index (χ2n) is 4.43. The zero-order valence-electron chi connectivity index (χ0n) is 11.5. The number of aromatic nitrogens is 1. The summed E-state index contributed by atoms with van der Waals surface area (Å²) in [6.45, 7) is 0. The van der Waals surface area contributed by atoms with Gasteiger partial charge in [0.2, 0.25) is 5.13 Å². The molecule has 0 spiro atoms. The fourth-order valence-corrected chi connectivity index (χ4v) is 2.36. The number of thiazole rings is 1. The lowest BCUT2D eigenvalue weighted by Crippen LogP contribution is -2.08. The van der Waals surface area contributed by atoms with Gasteiger partial charge in [-0.05, 0) is 36.4 Å². The minimum absolute atomic E-state index is 0.667. The van der Waals surface area contributed by atoms with Crippen LogP contribution >= 0.6 is 11.3 Å². The average molecular weight is 294 g/mol. The summed E-state index contributed by atoms with van der Waals surface area (Å²) in [5, 5.41) is 10.8. The molecule has 0 aliphatic heterocycles. The highest BCUT2D eigenvalue weighted by molar-refractivity contribution is 7.13. The van der Waals surface area contributed by atoms with E-state index in [9.17, 15) is 0 Å². The van der Waals surface area contributed by atoms with Crippen molar-refractivity contribution in [3.63, 3.8) is 0 Å². The van der Waals surface area contributed by atoms with E-state index >= 15 is 0 Å². The van der Waals surface area contributed by atoms with Crippen LogP contribution in [-0.2, 0) is 0 Å². The fourth-order valence-electron chi connectivity index (χ4n) is 1.91. The smallest absolute Gasteiger partial charge is 0.229 e. The molecule has 0 atom stereocenters. The lowest BCUT2D eigenvalue weighted by atomic mass is 10.2. The van der Waals surface area contributed by atoms with E-state index in [4.69, 9.17) is 0 Å². The van der Waals surface area contributed by atoms with Crippen molar-refractivity contribution >= 4 is 33.5 Å². The van der Waals surface area contributed by atoms with E-state index in [0.717, 1.165) is 17.1 Å². The Morgan fingerprint density at radius 3 is 2.29 bits per heavy atom. The van der Waals surface area contributed by atoms with Crippen molar-refractivity contribution in [1.29, 1.82) is 0 Å². The highest BCUT2D eigenvalue weighted by Crippen LogP contribution is 2.26. The first-order valence-corrected chi connectivity index (χ1v) is 7.41. The van der Waals surface area contributed by atoms with E-state index in [2.05, 4.69) is 32.2 Å². The summed E-state index contributed by atoms with van der Waals surface area (Å²) in [6, 6.07) is 18.2. The van der Waals surface area contributed by atoms with Crippen LogP contribution in [0, 0.1) is 0 Å². The number of nitrogens with zero attached hydrogens (tertiary/aromatic N) is 4. The van der Waals surface area contributed by atoms with Gasteiger partial charge in [-0.2, -0.15) is 0 Å². The summed E-state index contributed by atoms with van der Waals surface area (Å²) in [7, 11) is 2.04. The third kappa shape index (κ3) is 3.32. The van der Waals surface area contributed by atoms with Crippen LogP contribution in [0.2, 0.25) is 0 Å². The lowest BCUT2D eigenvalue weighted by molar-refractivity contribution is 1.18. The van der Waals surface area contributed by atoms with Crippen LogP contribution in [0.3, 0.4) is 0 Å². The van der Waals surface area contributed by atoms with Gasteiger partial charge in [0.05, 0.1) is 5.69 Å². The van der Waals surface area contributed by atoms with Crippen LogP contribution in [-0.4, -0.2) is 12.0 Å². The maximum atomic E-state index is 4.18. The SMILES string of the molecule is CN(c1ccccc1)c1ccc(N=Nc2nccs2)cc1. The maximum absolute atomic E-state index is 4.18. The van der Waals surface area contributed by atoms with Crippen molar-refractivity contribution in [2.45, 2.75) is 0 Å². The first-order chi connectivity index (χ1) is 10.3. The summed E-state index contributed by atoms with van der Waals surface area (Å²) < 4.78 is 0. The summed E-state index contributed by atoms with van der Waals surface area (Å²) in [6.07, 6.45) is 1.72. The molecule has 0 aliphatic carbocycles. The predicted octanol–water partition coefficient (Wildman–Crippen LogP) is 5.33. The summed E-state index contributed by atoms with van der Waals surface area (Å²) in [4.78, 5) is 6.19. The molecule has 0 saturated carbocycles. The van der Waals surface area contributed by atoms with E-state index in [1.54, 1.807) is 6.20 Å². The van der Waals surface area contributed by atoms with Crippen LogP contribution in [0.1, 0.15) is 0 Å². The molecule has 3 rings (SSSR count). The molecule has 0 fully saturated rings. The Bertz CT molecular complexity index is 706. The summed E-state index contributed by atoms with van der Waals surface area (Å²) in [5.41, 5.74) is 3.07. The Balaban J connectivity index is 1.75. The molecule has 0 radical (unpaired) electrons. The number of hydrogen-bond acceptors (Lipinski definition) is 5. The molecule has 1 aromatic heterocycles. The van der Waals surface area contributed by atoms with Gasteiger partial charge in [0, 0.05) is 30.0 Å². The number of anilines is 2. The Hall–Kier alpha value is -2.53. The van der Waals surface area contributed by atoms with Crippen molar-refractivity contribution in [2.24, 2.45) is 10.2 Å². The van der Waals surface area contributed by atoms with Gasteiger partial charge in [-0.15, -0.1) is 21.6 Å². The summed E-state index contributed by atoms with van der Waals surface area (Å²) in [5.74, 6) is 0. The topological polar surface area (TPSA) is 40.9 Å². The average Bonchev–Trinajstić information content (AvgIpc) is 3.07. The molecular formula is C16H14N4S. The molecule has 0 aliphatic rings. The highest BCUT2D eigenvalue weighted by atomic mass is 32.1.